The maximum absolute atomic E-state index is 11.5. The minimum atomic E-state index is -0.544. The topological polar surface area (TPSA) is 84.2 Å². The van der Waals surface area contributed by atoms with Crippen molar-refractivity contribution in [3.8, 4) is 0 Å². The molecular formula is C10H21N3O2. The Labute approximate surface area is 90.8 Å². The third kappa shape index (κ3) is 5.37. The summed E-state index contributed by atoms with van der Waals surface area (Å²) in [5.41, 5.74) is 5.66. The molecule has 0 rings (SSSR count). The first-order valence-electron chi connectivity index (χ1n) is 5.16. The van der Waals surface area contributed by atoms with Gasteiger partial charge in [-0.15, -0.1) is 0 Å². The Morgan fingerprint density at radius 1 is 1.20 bits per heavy atom. The fraction of sp³-hybridized carbons (Fsp3) is 0.800. The molecule has 5 heteroatoms. The monoisotopic (exact) mass is 215 g/mol. The number of hydrogen-bond donors (Lipinski definition) is 3. The highest BCUT2D eigenvalue weighted by Crippen LogP contribution is 2.02. The van der Waals surface area contributed by atoms with Crippen molar-refractivity contribution in [3.63, 3.8) is 0 Å². The van der Waals surface area contributed by atoms with Crippen LogP contribution in [0.3, 0.4) is 0 Å². The summed E-state index contributed by atoms with van der Waals surface area (Å²) in [6.07, 6.45) is 0.617. The lowest BCUT2D eigenvalue weighted by Gasteiger charge is -2.17. The first-order chi connectivity index (χ1) is 6.88. The Bertz CT molecular complexity index is 229. The van der Waals surface area contributed by atoms with Gasteiger partial charge in [-0.05, 0) is 19.3 Å². The van der Waals surface area contributed by atoms with E-state index in [9.17, 15) is 9.59 Å². The molecule has 0 aromatic rings. The van der Waals surface area contributed by atoms with Crippen molar-refractivity contribution >= 4 is 11.8 Å². The molecule has 2 amide bonds. The van der Waals surface area contributed by atoms with Crippen LogP contribution >= 0.6 is 0 Å². The number of carbonyl (C=O) groups is 2. The number of likely N-dealkylation sites (N-methyl/N-ethyl adjacent to an activating group) is 1. The average molecular weight is 215 g/mol. The summed E-state index contributed by atoms with van der Waals surface area (Å²) in [7, 11) is 1.53. The normalized spacial score (nSPS) is 14.5. The predicted molar refractivity (Wildman–Crippen MR) is 59.1 cm³/mol. The van der Waals surface area contributed by atoms with Crippen LogP contribution in [-0.2, 0) is 9.59 Å². The van der Waals surface area contributed by atoms with Crippen molar-refractivity contribution in [1.29, 1.82) is 0 Å². The van der Waals surface area contributed by atoms with Crippen LogP contribution in [0.2, 0.25) is 0 Å². The van der Waals surface area contributed by atoms with Crippen LogP contribution in [0.25, 0.3) is 0 Å². The van der Waals surface area contributed by atoms with Crippen molar-refractivity contribution in [1.82, 2.24) is 10.6 Å². The largest absolute Gasteiger partial charge is 0.357 e. The standard InChI is InChI=1S/C10H21N3O2/c1-6(2)5-8(11)10(15)13-7(3)9(14)12-4/h6-8H,5,11H2,1-4H3,(H,12,14)(H,13,15). The number of nitrogens with two attached hydrogens (primary N) is 1. The van der Waals surface area contributed by atoms with Gasteiger partial charge in [-0.25, -0.2) is 0 Å². The summed E-state index contributed by atoms with van der Waals surface area (Å²) in [5.74, 6) is -0.138. The zero-order valence-corrected chi connectivity index (χ0v) is 9.83. The van der Waals surface area contributed by atoms with Crippen molar-refractivity contribution in [2.45, 2.75) is 39.3 Å². The van der Waals surface area contributed by atoms with E-state index in [1.165, 1.54) is 7.05 Å². The van der Waals surface area contributed by atoms with E-state index in [1.54, 1.807) is 6.92 Å². The molecule has 0 fully saturated rings. The van der Waals surface area contributed by atoms with Crippen LogP contribution in [0.5, 0.6) is 0 Å². The number of rotatable bonds is 5. The number of carbonyl (C=O) groups excluding carboxylic acids is 2. The lowest BCUT2D eigenvalue weighted by molar-refractivity contribution is -0.129. The van der Waals surface area contributed by atoms with Crippen molar-refractivity contribution in [3.05, 3.63) is 0 Å². The van der Waals surface area contributed by atoms with Gasteiger partial charge in [-0.1, -0.05) is 13.8 Å². The highest BCUT2D eigenvalue weighted by atomic mass is 16.2. The Kier molecular flexibility index (Phi) is 5.93. The van der Waals surface area contributed by atoms with Gasteiger partial charge in [0.15, 0.2) is 0 Å². The van der Waals surface area contributed by atoms with Crippen molar-refractivity contribution in [2.75, 3.05) is 7.05 Å². The van der Waals surface area contributed by atoms with Crippen molar-refractivity contribution in [2.24, 2.45) is 11.7 Å². The van der Waals surface area contributed by atoms with E-state index in [0.29, 0.717) is 12.3 Å². The van der Waals surface area contributed by atoms with E-state index < -0.39 is 12.1 Å². The summed E-state index contributed by atoms with van der Waals surface area (Å²) in [5, 5.41) is 5.02. The molecule has 0 radical (unpaired) electrons. The molecule has 15 heavy (non-hydrogen) atoms. The summed E-state index contributed by atoms with van der Waals surface area (Å²) in [6, 6.07) is -1.09. The molecule has 2 atom stereocenters. The van der Waals surface area contributed by atoms with Crippen LogP contribution in [0, 0.1) is 5.92 Å². The fourth-order valence-corrected chi connectivity index (χ4v) is 1.22. The fourth-order valence-electron chi connectivity index (χ4n) is 1.22. The van der Waals surface area contributed by atoms with Gasteiger partial charge in [0.05, 0.1) is 6.04 Å². The summed E-state index contributed by atoms with van der Waals surface area (Å²) in [6.45, 7) is 5.61. The van der Waals surface area contributed by atoms with Gasteiger partial charge in [0.1, 0.15) is 6.04 Å². The lowest BCUT2D eigenvalue weighted by atomic mass is 10.0. The lowest BCUT2D eigenvalue weighted by Crippen LogP contribution is -2.49. The average Bonchev–Trinajstić information content (AvgIpc) is 2.15. The molecule has 2 unspecified atom stereocenters. The Morgan fingerprint density at radius 2 is 1.73 bits per heavy atom. The molecule has 0 saturated heterocycles. The minimum Gasteiger partial charge on any atom is -0.357 e. The summed E-state index contributed by atoms with van der Waals surface area (Å²) in [4.78, 5) is 22.6. The van der Waals surface area contributed by atoms with Gasteiger partial charge in [0.2, 0.25) is 11.8 Å². The van der Waals surface area contributed by atoms with Crippen LogP contribution < -0.4 is 16.4 Å². The Morgan fingerprint density at radius 3 is 2.13 bits per heavy atom. The SMILES string of the molecule is CNC(=O)C(C)NC(=O)C(N)CC(C)C. The van der Waals surface area contributed by atoms with Gasteiger partial charge in [0, 0.05) is 7.05 Å². The zero-order valence-electron chi connectivity index (χ0n) is 9.83. The van der Waals surface area contributed by atoms with Gasteiger partial charge < -0.3 is 16.4 Å². The molecular weight excluding hydrogens is 194 g/mol. The third-order valence-electron chi connectivity index (χ3n) is 2.06. The zero-order chi connectivity index (χ0) is 12.0. The highest BCUT2D eigenvalue weighted by Gasteiger charge is 2.19. The maximum atomic E-state index is 11.5. The molecule has 0 aliphatic carbocycles. The van der Waals surface area contributed by atoms with E-state index in [2.05, 4.69) is 10.6 Å². The third-order valence-corrected chi connectivity index (χ3v) is 2.06. The van der Waals surface area contributed by atoms with Gasteiger partial charge >= 0.3 is 0 Å². The number of hydrogen-bond acceptors (Lipinski definition) is 3. The van der Waals surface area contributed by atoms with E-state index >= 15 is 0 Å². The van der Waals surface area contributed by atoms with Crippen LogP contribution in [0.4, 0.5) is 0 Å². The van der Waals surface area contributed by atoms with Gasteiger partial charge in [-0.2, -0.15) is 0 Å². The van der Waals surface area contributed by atoms with E-state index in [0.717, 1.165) is 0 Å². The Hall–Kier alpha value is -1.10. The van der Waals surface area contributed by atoms with E-state index in [1.807, 2.05) is 13.8 Å². The van der Waals surface area contributed by atoms with Crippen LogP contribution in [-0.4, -0.2) is 30.9 Å². The molecule has 5 nitrogen and oxygen atoms in total. The molecule has 88 valence electrons. The maximum Gasteiger partial charge on any atom is 0.242 e. The van der Waals surface area contributed by atoms with E-state index in [-0.39, 0.29) is 11.8 Å². The van der Waals surface area contributed by atoms with Gasteiger partial charge in [0.25, 0.3) is 0 Å². The number of amides is 2. The molecule has 0 heterocycles. The first-order valence-corrected chi connectivity index (χ1v) is 5.16. The van der Waals surface area contributed by atoms with Crippen LogP contribution in [0.15, 0.2) is 0 Å². The van der Waals surface area contributed by atoms with Crippen molar-refractivity contribution < 1.29 is 9.59 Å². The molecule has 4 N–H and O–H groups in total. The Balaban J connectivity index is 4.07. The van der Waals surface area contributed by atoms with E-state index in [4.69, 9.17) is 5.73 Å². The molecule has 0 saturated carbocycles. The predicted octanol–water partition coefficient (Wildman–Crippen LogP) is -0.389. The molecule has 0 spiro atoms. The second kappa shape index (κ2) is 6.40. The quantitative estimate of drug-likeness (QED) is 0.584. The molecule has 0 aromatic heterocycles. The molecule has 0 bridgehead atoms. The summed E-state index contributed by atoms with van der Waals surface area (Å²) < 4.78 is 0. The molecule has 0 aliphatic heterocycles. The minimum absolute atomic E-state index is 0.222. The second-order valence-corrected chi connectivity index (χ2v) is 4.08. The smallest absolute Gasteiger partial charge is 0.242 e. The summed E-state index contributed by atoms with van der Waals surface area (Å²) >= 11 is 0. The second-order valence-electron chi connectivity index (χ2n) is 4.08. The first kappa shape index (κ1) is 13.9. The highest BCUT2D eigenvalue weighted by molar-refractivity contribution is 5.89. The van der Waals surface area contributed by atoms with Gasteiger partial charge in [-0.3, -0.25) is 9.59 Å². The number of nitrogens with one attached hydrogen (secondary N) is 2. The van der Waals surface area contributed by atoms with Crippen LogP contribution in [0.1, 0.15) is 27.2 Å². The molecule has 0 aromatic carbocycles. The molecule has 0 aliphatic rings.